The number of rotatable bonds is 6. The highest BCUT2D eigenvalue weighted by Gasteiger charge is 2.11. The molecule has 0 fully saturated rings. The van der Waals surface area contributed by atoms with Crippen LogP contribution in [0.1, 0.15) is 12.5 Å². The van der Waals surface area contributed by atoms with E-state index in [1.807, 2.05) is 19.1 Å². The molecule has 0 unspecified atom stereocenters. The zero-order chi connectivity index (χ0) is 16.1. The van der Waals surface area contributed by atoms with E-state index in [9.17, 15) is 0 Å². The third-order valence-corrected chi connectivity index (χ3v) is 3.80. The maximum absolute atomic E-state index is 6.19. The minimum absolute atomic E-state index is 0.499. The van der Waals surface area contributed by atoms with E-state index >= 15 is 0 Å². The van der Waals surface area contributed by atoms with Crippen LogP contribution in [0.4, 0.5) is 5.69 Å². The Kier molecular flexibility index (Phi) is 6.07. The molecule has 118 valence electrons. The first-order valence-corrected chi connectivity index (χ1v) is 7.86. The van der Waals surface area contributed by atoms with Gasteiger partial charge >= 0.3 is 0 Å². The van der Waals surface area contributed by atoms with Crippen molar-refractivity contribution in [3.8, 4) is 11.5 Å². The second-order valence-corrected chi connectivity index (χ2v) is 5.76. The lowest BCUT2D eigenvalue weighted by atomic mass is 10.2. The number of nitrogens with one attached hydrogen (secondary N) is 1. The molecular formula is C16H16Cl3NO2. The van der Waals surface area contributed by atoms with Crippen LogP contribution in [0.2, 0.25) is 15.1 Å². The molecule has 0 radical (unpaired) electrons. The number of benzene rings is 2. The molecule has 0 atom stereocenters. The summed E-state index contributed by atoms with van der Waals surface area (Å²) < 4.78 is 10.7. The van der Waals surface area contributed by atoms with Crippen molar-refractivity contribution in [1.82, 2.24) is 0 Å². The van der Waals surface area contributed by atoms with Crippen LogP contribution in [0.25, 0.3) is 0 Å². The molecule has 0 aromatic heterocycles. The van der Waals surface area contributed by atoms with Gasteiger partial charge in [0.05, 0.1) is 23.8 Å². The van der Waals surface area contributed by atoms with Crippen molar-refractivity contribution < 1.29 is 9.47 Å². The van der Waals surface area contributed by atoms with E-state index in [1.54, 1.807) is 25.3 Å². The van der Waals surface area contributed by atoms with Gasteiger partial charge in [-0.15, -0.1) is 0 Å². The van der Waals surface area contributed by atoms with Crippen LogP contribution in [0.3, 0.4) is 0 Å². The highest BCUT2D eigenvalue weighted by atomic mass is 35.5. The molecule has 0 bridgehead atoms. The fourth-order valence-electron chi connectivity index (χ4n) is 2.02. The summed E-state index contributed by atoms with van der Waals surface area (Å²) in [5.74, 6) is 1.27. The van der Waals surface area contributed by atoms with Gasteiger partial charge < -0.3 is 14.8 Å². The summed E-state index contributed by atoms with van der Waals surface area (Å²) in [5, 5.41) is 4.88. The SMILES string of the molecule is CCOc1c(Cl)cc(Cl)cc1CNc1ccc(OC)c(Cl)c1. The normalized spacial score (nSPS) is 10.4. The predicted molar refractivity (Wildman–Crippen MR) is 93.0 cm³/mol. The molecule has 0 heterocycles. The van der Waals surface area contributed by atoms with Crippen LogP contribution >= 0.6 is 34.8 Å². The average molecular weight is 361 g/mol. The molecule has 6 heteroatoms. The molecule has 0 saturated carbocycles. The van der Waals surface area contributed by atoms with E-state index in [1.165, 1.54) is 0 Å². The fourth-order valence-corrected chi connectivity index (χ4v) is 2.87. The summed E-state index contributed by atoms with van der Waals surface area (Å²) in [5.41, 5.74) is 1.75. The smallest absolute Gasteiger partial charge is 0.142 e. The van der Waals surface area contributed by atoms with E-state index in [0.717, 1.165) is 11.3 Å². The molecule has 2 aromatic carbocycles. The Morgan fingerprint density at radius 3 is 2.45 bits per heavy atom. The maximum Gasteiger partial charge on any atom is 0.142 e. The van der Waals surface area contributed by atoms with Crippen LogP contribution in [0.5, 0.6) is 11.5 Å². The lowest BCUT2D eigenvalue weighted by molar-refractivity contribution is 0.337. The largest absolute Gasteiger partial charge is 0.495 e. The number of hydrogen-bond acceptors (Lipinski definition) is 3. The van der Waals surface area contributed by atoms with Crippen LogP contribution in [0.15, 0.2) is 30.3 Å². The summed E-state index contributed by atoms with van der Waals surface area (Å²) >= 11 is 18.4. The first-order valence-electron chi connectivity index (χ1n) is 6.73. The van der Waals surface area contributed by atoms with Crippen molar-refractivity contribution in [3.05, 3.63) is 51.0 Å². The molecule has 3 nitrogen and oxygen atoms in total. The van der Waals surface area contributed by atoms with E-state index in [0.29, 0.717) is 39.7 Å². The molecule has 0 aliphatic rings. The van der Waals surface area contributed by atoms with Crippen LogP contribution < -0.4 is 14.8 Å². The van der Waals surface area contributed by atoms with Gasteiger partial charge in [-0.25, -0.2) is 0 Å². The molecule has 2 aromatic rings. The van der Waals surface area contributed by atoms with Crippen molar-refractivity contribution >= 4 is 40.5 Å². The topological polar surface area (TPSA) is 30.5 Å². The molecule has 0 aliphatic heterocycles. The van der Waals surface area contributed by atoms with Gasteiger partial charge in [0.1, 0.15) is 11.5 Å². The monoisotopic (exact) mass is 359 g/mol. The van der Waals surface area contributed by atoms with Crippen molar-refractivity contribution in [2.24, 2.45) is 0 Å². The summed E-state index contributed by atoms with van der Waals surface area (Å²) in [6.07, 6.45) is 0. The summed E-state index contributed by atoms with van der Waals surface area (Å²) in [7, 11) is 1.58. The second kappa shape index (κ2) is 7.82. The number of hydrogen-bond donors (Lipinski definition) is 1. The molecule has 0 spiro atoms. The van der Waals surface area contributed by atoms with Crippen LogP contribution in [0, 0.1) is 0 Å². The Bertz CT molecular complexity index is 662. The van der Waals surface area contributed by atoms with Gasteiger partial charge in [-0.05, 0) is 37.3 Å². The molecule has 0 saturated heterocycles. The second-order valence-electron chi connectivity index (χ2n) is 4.51. The molecular weight excluding hydrogens is 345 g/mol. The summed E-state index contributed by atoms with van der Waals surface area (Å²) in [4.78, 5) is 0. The zero-order valence-electron chi connectivity index (χ0n) is 12.3. The van der Waals surface area contributed by atoms with Gasteiger partial charge in [-0.1, -0.05) is 34.8 Å². The Labute approximate surface area is 145 Å². The lowest BCUT2D eigenvalue weighted by Gasteiger charge is -2.14. The zero-order valence-corrected chi connectivity index (χ0v) is 14.5. The van der Waals surface area contributed by atoms with Gasteiger partial charge in [-0.3, -0.25) is 0 Å². The van der Waals surface area contributed by atoms with Crippen molar-refractivity contribution in [2.45, 2.75) is 13.5 Å². The average Bonchev–Trinajstić information content (AvgIpc) is 2.48. The van der Waals surface area contributed by atoms with Crippen LogP contribution in [-0.2, 0) is 6.54 Å². The molecule has 2 rings (SSSR count). The first kappa shape index (κ1) is 17.1. The van der Waals surface area contributed by atoms with E-state index < -0.39 is 0 Å². The van der Waals surface area contributed by atoms with Gasteiger partial charge in [-0.2, -0.15) is 0 Å². The van der Waals surface area contributed by atoms with E-state index in [2.05, 4.69) is 5.32 Å². The maximum atomic E-state index is 6.19. The van der Waals surface area contributed by atoms with Gasteiger partial charge in [0.2, 0.25) is 0 Å². The lowest BCUT2D eigenvalue weighted by Crippen LogP contribution is -2.04. The van der Waals surface area contributed by atoms with E-state index in [-0.39, 0.29) is 0 Å². The minimum Gasteiger partial charge on any atom is -0.495 e. The Morgan fingerprint density at radius 1 is 1.05 bits per heavy atom. The Hall–Kier alpha value is -1.29. The summed E-state index contributed by atoms with van der Waals surface area (Å²) in [6, 6.07) is 8.99. The highest BCUT2D eigenvalue weighted by Crippen LogP contribution is 2.33. The number of halogens is 3. The summed E-state index contributed by atoms with van der Waals surface area (Å²) in [6.45, 7) is 2.95. The van der Waals surface area contributed by atoms with Crippen molar-refractivity contribution in [1.29, 1.82) is 0 Å². The van der Waals surface area contributed by atoms with E-state index in [4.69, 9.17) is 44.3 Å². The molecule has 0 aliphatic carbocycles. The number of methoxy groups -OCH3 is 1. The van der Waals surface area contributed by atoms with Gasteiger partial charge in [0, 0.05) is 22.8 Å². The van der Waals surface area contributed by atoms with Crippen molar-refractivity contribution in [2.75, 3.05) is 19.0 Å². The van der Waals surface area contributed by atoms with Crippen molar-refractivity contribution in [3.63, 3.8) is 0 Å². The molecule has 1 N–H and O–H groups in total. The fraction of sp³-hybridized carbons (Fsp3) is 0.250. The first-order chi connectivity index (χ1) is 10.5. The quantitative estimate of drug-likeness (QED) is 0.720. The predicted octanol–water partition coefficient (Wildman–Crippen LogP) is 5.67. The minimum atomic E-state index is 0.499. The Balaban J connectivity index is 2.19. The molecule has 0 amide bonds. The number of anilines is 1. The van der Waals surface area contributed by atoms with Crippen LogP contribution in [-0.4, -0.2) is 13.7 Å². The third-order valence-electron chi connectivity index (χ3n) is 3.01. The highest BCUT2D eigenvalue weighted by molar-refractivity contribution is 6.35. The standard InChI is InChI=1S/C16H16Cl3NO2/c1-3-22-16-10(6-11(17)7-14(16)19)9-20-12-4-5-15(21-2)13(18)8-12/h4-8,20H,3,9H2,1-2H3. The third kappa shape index (κ3) is 4.13. The Morgan fingerprint density at radius 2 is 1.82 bits per heavy atom. The van der Waals surface area contributed by atoms with Gasteiger partial charge in [0.25, 0.3) is 0 Å². The molecule has 22 heavy (non-hydrogen) atoms. The number of ether oxygens (including phenoxy) is 2. The van der Waals surface area contributed by atoms with Gasteiger partial charge in [0.15, 0.2) is 0 Å².